The number of imidazole rings is 1. The highest BCUT2D eigenvalue weighted by atomic mass is 32.2. The Morgan fingerprint density at radius 2 is 1.82 bits per heavy atom. The maximum atomic E-state index is 5.76. The van der Waals surface area contributed by atoms with Gasteiger partial charge in [-0.25, -0.2) is 15.0 Å². The van der Waals surface area contributed by atoms with Crippen molar-refractivity contribution in [3.8, 4) is 5.75 Å². The predicted molar refractivity (Wildman–Crippen MR) is 136 cm³/mol. The number of fused-ring (bicyclic) bond motifs is 2. The van der Waals surface area contributed by atoms with Gasteiger partial charge in [-0.1, -0.05) is 11.8 Å². The van der Waals surface area contributed by atoms with Gasteiger partial charge in [0.1, 0.15) is 24.5 Å². The molecular weight excluding hydrogens is 446 g/mol. The molecule has 0 saturated carbocycles. The summed E-state index contributed by atoms with van der Waals surface area (Å²) in [4.78, 5) is 15.6. The number of nitrogens with one attached hydrogen (secondary N) is 1. The summed E-state index contributed by atoms with van der Waals surface area (Å²) in [5.41, 5.74) is 5.14. The van der Waals surface area contributed by atoms with E-state index >= 15 is 0 Å². The monoisotopic (exact) mass is 471 g/mol. The number of hydrogen-bond donors (Lipinski definition) is 1. The molecule has 0 bridgehead atoms. The van der Waals surface area contributed by atoms with Crippen LogP contribution in [0.15, 0.2) is 77.0 Å². The smallest absolute Gasteiger partial charge is 0.141 e. The predicted octanol–water partition coefficient (Wildman–Crippen LogP) is 5.74. The molecule has 0 saturated heterocycles. The van der Waals surface area contributed by atoms with Crippen molar-refractivity contribution in [1.82, 2.24) is 19.5 Å². The van der Waals surface area contributed by atoms with Crippen LogP contribution in [0, 0.1) is 6.92 Å². The number of methoxy groups -OCH3 is 1. The van der Waals surface area contributed by atoms with Crippen LogP contribution in [0.3, 0.4) is 0 Å². The van der Waals surface area contributed by atoms with Crippen molar-refractivity contribution in [2.24, 2.45) is 7.05 Å². The molecule has 0 aliphatic carbocycles. The number of rotatable bonds is 8. The highest BCUT2D eigenvalue weighted by Gasteiger charge is 2.09. The van der Waals surface area contributed by atoms with Crippen molar-refractivity contribution in [2.45, 2.75) is 16.7 Å². The molecule has 0 unspecified atom stereocenters. The van der Waals surface area contributed by atoms with Crippen molar-refractivity contribution in [2.75, 3.05) is 25.6 Å². The average Bonchev–Trinajstić information content (AvgIpc) is 3.21. The fourth-order valence-corrected chi connectivity index (χ4v) is 4.66. The normalized spacial score (nSPS) is 11.3. The second-order valence-corrected chi connectivity index (χ2v) is 9.07. The van der Waals surface area contributed by atoms with E-state index in [1.165, 1.54) is 15.4 Å². The van der Waals surface area contributed by atoms with Crippen LogP contribution in [0.1, 0.15) is 5.56 Å². The molecule has 7 nitrogen and oxygen atoms in total. The first-order valence-electron chi connectivity index (χ1n) is 10.9. The van der Waals surface area contributed by atoms with E-state index in [1.54, 1.807) is 25.2 Å². The number of anilines is 2. The molecule has 5 rings (SSSR count). The van der Waals surface area contributed by atoms with Gasteiger partial charge >= 0.3 is 0 Å². The SMILES string of the molecule is COCCOc1ccc2ncnc(Nc3ccc(Sc4ccc5ncn(C)c5c4)c(C)c3)c2c1. The van der Waals surface area contributed by atoms with Crippen molar-refractivity contribution >= 4 is 45.2 Å². The van der Waals surface area contributed by atoms with Crippen LogP contribution in [0.4, 0.5) is 11.5 Å². The van der Waals surface area contributed by atoms with E-state index in [0.717, 1.165) is 39.2 Å². The van der Waals surface area contributed by atoms with E-state index in [9.17, 15) is 0 Å². The minimum atomic E-state index is 0.490. The molecule has 0 amide bonds. The van der Waals surface area contributed by atoms with E-state index in [0.29, 0.717) is 13.2 Å². The fraction of sp³-hybridized carbons (Fsp3) is 0.192. The third-order valence-electron chi connectivity index (χ3n) is 5.53. The number of ether oxygens (including phenoxy) is 2. The summed E-state index contributed by atoms with van der Waals surface area (Å²) < 4.78 is 12.9. The molecule has 1 N–H and O–H groups in total. The molecule has 0 fully saturated rings. The molecule has 2 heterocycles. The lowest BCUT2D eigenvalue weighted by atomic mass is 10.2. The lowest BCUT2D eigenvalue weighted by Gasteiger charge is -2.12. The summed E-state index contributed by atoms with van der Waals surface area (Å²) in [6.45, 7) is 3.15. The zero-order valence-electron chi connectivity index (χ0n) is 19.3. The number of aryl methyl sites for hydroxylation is 2. The number of aromatic nitrogens is 4. The Morgan fingerprint density at radius 3 is 2.68 bits per heavy atom. The molecule has 0 atom stereocenters. The topological polar surface area (TPSA) is 74.1 Å². The van der Waals surface area contributed by atoms with Gasteiger partial charge in [-0.3, -0.25) is 0 Å². The highest BCUT2D eigenvalue weighted by molar-refractivity contribution is 7.99. The van der Waals surface area contributed by atoms with Gasteiger partial charge in [0.15, 0.2) is 0 Å². The minimum Gasteiger partial charge on any atom is -0.491 e. The van der Waals surface area contributed by atoms with Crippen LogP contribution >= 0.6 is 11.8 Å². The van der Waals surface area contributed by atoms with Gasteiger partial charge in [-0.05, 0) is 67.1 Å². The van der Waals surface area contributed by atoms with Crippen LogP contribution in [0.5, 0.6) is 5.75 Å². The van der Waals surface area contributed by atoms with Crippen LogP contribution < -0.4 is 10.1 Å². The second kappa shape index (κ2) is 9.70. The van der Waals surface area contributed by atoms with Crippen LogP contribution in [0.2, 0.25) is 0 Å². The zero-order chi connectivity index (χ0) is 23.5. The highest BCUT2D eigenvalue weighted by Crippen LogP contribution is 2.34. The van der Waals surface area contributed by atoms with E-state index in [2.05, 4.69) is 63.6 Å². The van der Waals surface area contributed by atoms with Gasteiger partial charge in [0.05, 0.1) is 29.5 Å². The number of hydrogen-bond acceptors (Lipinski definition) is 7. The Morgan fingerprint density at radius 1 is 0.941 bits per heavy atom. The van der Waals surface area contributed by atoms with Crippen molar-refractivity contribution < 1.29 is 9.47 Å². The zero-order valence-corrected chi connectivity index (χ0v) is 20.1. The van der Waals surface area contributed by atoms with Gasteiger partial charge in [0.25, 0.3) is 0 Å². The molecule has 0 aliphatic heterocycles. The third kappa shape index (κ3) is 4.69. The van der Waals surface area contributed by atoms with Gasteiger partial charge in [0, 0.05) is 35.0 Å². The van der Waals surface area contributed by atoms with E-state index in [1.807, 2.05) is 36.1 Å². The minimum absolute atomic E-state index is 0.490. The first-order valence-corrected chi connectivity index (χ1v) is 11.8. The average molecular weight is 472 g/mol. The third-order valence-corrected chi connectivity index (χ3v) is 6.69. The molecule has 8 heteroatoms. The summed E-state index contributed by atoms with van der Waals surface area (Å²) >= 11 is 1.75. The standard InChI is InChI=1S/C26H25N5O2S/c1-17-12-18(4-9-25(17)34-20-6-8-23-24(14-20)31(2)16-29-23)30-26-21-13-19(33-11-10-32-3)5-7-22(21)27-15-28-26/h4-9,12-16H,10-11H2,1-3H3,(H,27,28,30). The van der Waals surface area contributed by atoms with Gasteiger partial charge in [-0.15, -0.1) is 0 Å². The van der Waals surface area contributed by atoms with Crippen molar-refractivity contribution in [1.29, 1.82) is 0 Å². The molecule has 2 aromatic heterocycles. The van der Waals surface area contributed by atoms with Crippen LogP contribution in [0.25, 0.3) is 21.9 Å². The number of nitrogens with zero attached hydrogens (tertiary/aromatic N) is 4. The Bertz CT molecular complexity index is 1470. The van der Waals surface area contributed by atoms with E-state index < -0.39 is 0 Å². The molecule has 34 heavy (non-hydrogen) atoms. The maximum Gasteiger partial charge on any atom is 0.141 e. The van der Waals surface area contributed by atoms with E-state index in [-0.39, 0.29) is 0 Å². The van der Waals surface area contributed by atoms with Crippen LogP contribution in [-0.2, 0) is 11.8 Å². The first kappa shape index (κ1) is 22.2. The fourth-order valence-electron chi connectivity index (χ4n) is 3.74. The molecule has 0 aliphatic rings. The Balaban J connectivity index is 1.37. The Labute approximate surface area is 202 Å². The lowest BCUT2D eigenvalue weighted by Crippen LogP contribution is -2.04. The maximum absolute atomic E-state index is 5.76. The summed E-state index contributed by atoms with van der Waals surface area (Å²) in [7, 11) is 3.67. The summed E-state index contributed by atoms with van der Waals surface area (Å²) in [6, 6.07) is 18.5. The van der Waals surface area contributed by atoms with Crippen LogP contribution in [-0.4, -0.2) is 39.8 Å². The van der Waals surface area contributed by atoms with E-state index in [4.69, 9.17) is 9.47 Å². The van der Waals surface area contributed by atoms with Gasteiger partial charge in [0.2, 0.25) is 0 Å². The second-order valence-electron chi connectivity index (χ2n) is 7.96. The molecule has 5 aromatic rings. The molecule has 0 radical (unpaired) electrons. The molecule has 3 aromatic carbocycles. The Hall–Kier alpha value is -3.62. The first-order chi connectivity index (χ1) is 16.6. The largest absolute Gasteiger partial charge is 0.491 e. The summed E-state index contributed by atoms with van der Waals surface area (Å²) in [5.74, 6) is 1.50. The lowest BCUT2D eigenvalue weighted by molar-refractivity contribution is 0.146. The molecular formula is C26H25N5O2S. The summed E-state index contributed by atoms with van der Waals surface area (Å²) in [6.07, 6.45) is 3.41. The molecule has 0 spiro atoms. The van der Waals surface area contributed by atoms with Gasteiger partial charge < -0.3 is 19.4 Å². The summed E-state index contributed by atoms with van der Waals surface area (Å²) in [5, 5.41) is 4.35. The quantitative estimate of drug-likeness (QED) is 0.289. The Kier molecular flexibility index (Phi) is 6.33. The molecule has 172 valence electrons. The van der Waals surface area contributed by atoms with Crippen molar-refractivity contribution in [3.63, 3.8) is 0 Å². The van der Waals surface area contributed by atoms with Gasteiger partial charge in [-0.2, -0.15) is 0 Å². The van der Waals surface area contributed by atoms with Crippen molar-refractivity contribution in [3.05, 3.63) is 72.8 Å². The number of benzene rings is 3.